The highest BCUT2D eigenvalue weighted by Gasteiger charge is 2.33. The van der Waals surface area contributed by atoms with Crippen LogP contribution in [0.5, 0.6) is 0 Å². The van der Waals surface area contributed by atoms with Crippen molar-refractivity contribution in [2.24, 2.45) is 0 Å². The van der Waals surface area contributed by atoms with E-state index in [1.165, 1.54) is 12.3 Å². The minimum atomic E-state index is -0.414. The zero-order valence-corrected chi connectivity index (χ0v) is 18.5. The number of halogens is 2. The summed E-state index contributed by atoms with van der Waals surface area (Å²) in [6, 6.07) is 3.35. The minimum absolute atomic E-state index is 0.0912. The van der Waals surface area contributed by atoms with Gasteiger partial charge in [0.25, 0.3) is 0 Å². The number of nitrogen functional groups attached to an aromatic ring is 1. The maximum atomic E-state index is 14.4. The van der Waals surface area contributed by atoms with Crippen LogP contribution in [-0.4, -0.2) is 42.9 Å². The van der Waals surface area contributed by atoms with Gasteiger partial charge in [-0.15, -0.1) is 0 Å². The van der Waals surface area contributed by atoms with Gasteiger partial charge in [-0.25, -0.2) is 19.3 Å². The lowest BCUT2D eigenvalue weighted by Crippen LogP contribution is -2.31. The number of imidazole rings is 1. The molecular formula is C21H27ClFN5O2. The lowest BCUT2D eigenvalue weighted by molar-refractivity contribution is -0.0287. The second-order valence-electron chi connectivity index (χ2n) is 8.13. The van der Waals surface area contributed by atoms with Gasteiger partial charge in [-0.05, 0) is 53.2 Å². The average Bonchev–Trinajstić information content (AvgIpc) is 3.15. The molecule has 0 amide bonds. The minimum Gasteiger partial charge on any atom is -0.390 e. The van der Waals surface area contributed by atoms with Crippen molar-refractivity contribution in [3.63, 3.8) is 0 Å². The van der Waals surface area contributed by atoms with Crippen molar-refractivity contribution in [3.05, 3.63) is 35.0 Å². The number of hydrogen-bond donors (Lipinski definition) is 2. The van der Waals surface area contributed by atoms with Crippen LogP contribution in [0.15, 0.2) is 18.3 Å². The molecule has 0 radical (unpaired) electrons. The number of nitrogens with two attached hydrogens (primary N) is 1. The largest absolute Gasteiger partial charge is 0.390 e. The number of rotatable bonds is 2. The van der Waals surface area contributed by atoms with Gasteiger partial charge in [-0.3, -0.25) is 0 Å². The van der Waals surface area contributed by atoms with Crippen LogP contribution in [0.25, 0.3) is 22.3 Å². The molecule has 0 aliphatic carbocycles. The van der Waals surface area contributed by atoms with Crippen molar-refractivity contribution in [2.75, 3.05) is 12.3 Å². The maximum Gasteiger partial charge on any atom is 0.220 e. The summed E-state index contributed by atoms with van der Waals surface area (Å²) in [7, 11) is 0. The molecule has 9 heteroatoms. The molecule has 2 aromatic heterocycles. The van der Waals surface area contributed by atoms with Crippen LogP contribution in [0, 0.1) is 12.7 Å². The van der Waals surface area contributed by atoms with Gasteiger partial charge in [0.05, 0.1) is 34.1 Å². The van der Waals surface area contributed by atoms with Crippen LogP contribution >= 0.6 is 11.6 Å². The molecule has 1 saturated heterocycles. The number of nitrogens with zero attached hydrogens (tertiary/aromatic N) is 4. The molecule has 0 bridgehead atoms. The molecule has 3 heterocycles. The van der Waals surface area contributed by atoms with Gasteiger partial charge in [-0.2, -0.15) is 0 Å². The van der Waals surface area contributed by atoms with Crippen molar-refractivity contribution in [1.82, 2.24) is 19.5 Å². The SMILES string of the molecule is CC1(C)OCCC1O.Cc1nc2c(F)cc(-c3nc(N)ncc3Cl)cc2n1C(C)C. The van der Waals surface area contributed by atoms with Gasteiger partial charge < -0.3 is 20.1 Å². The van der Waals surface area contributed by atoms with Gasteiger partial charge in [0, 0.05) is 18.2 Å². The Morgan fingerprint density at radius 2 is 2.03 bits per heavy atom. The molecule has 162 valence electrons. The molecule has 1 aliphatic rings. The van der Waals surface area contributed by atoms with E-state index < -0.39 is 5.82 Å². The van der Waals surface area contributed by atoms with E-state index in [1.54, 1.807) is 0 Å². The number of benzene rings is 1. The summed E-state index contributed by atoms with van der Waals surface area (Å²) in [6.07, 6.45) is 1.93. The predicted molar refractivity (Wildman–Crippen MR) is 116 cm³/mol. The Morgan fingerprint density at radius 3 is 2.57 bits per heavy atom. The molecule has 1 aromatic carbocycles. The highest BCUT2D eigenvalue weighted by atomic mass is 35.5. The molecular weight excluding hydrogens is 409 g/mol. The predicted octanol–water partition coefficient (Wildman–Crippen LogP) is 4.30. The van der Waals surface area contributed by atoms with Crippen LogP contribution in [0.4, 0.5) is 10.3 Å². The molecule has 1 unspecified atom stereocenters. The fourth-order valence-corrected chi connectivity index (χ4v) is 3.72. The number of aromatic nitrogens is 4. The Morgan fingerprint density at radius 1 is 1.33 bits per heavy atom. The lowest BCUT2D eigenvalue weighted by Gasteiger charge is -2.20. The van der Waals surface area contributed by atoms with Gasteiger partial charge in [0.15, 0.2) is 5.82 Å². The summed E-state index contributed by atoms with van der Waals surface area (Å²) >= 11 is 6.12. The van der Waals surface area contributed by atoms with Crippen molar-refractivity contribution in [1.29, 1.82) is 0 Å². The smallest absolute Gasteiger partial charge is 0.220 e. The van der Waals surface area contributed by atoms with E-state index >= 15 is 0 Å². The van der Waals surface area contributed by atoms with E-state index in [0.29, 0.717) is 33.9 Å². The standard InChI is InChI=1S/C15H15ClFN5.C6H12O2/c1-7(2)22-8(3)20-14-11(17)4-9(5-12(14)22)13-10(16)6-19-15(18)21-13;1-6(2)5(7)3-4-8-6/h4-7H,1-3H3,(H2,18,19,21);5,7H,3-4H2,1-2H3. The third-order valence-corrected chi connectivity index (χ3v) is 5.42. The first-order valence-corrected chi connectivity index (χ1v) is 10.2. The zero-order chi connectivity index (χ0) is 22.2. The first-order chi connectivity index (χ1) is 14.0. The number of ether oxygens (including phenoxy) is 1. The fraction of sp³-hybridized carbons (Fsp3) is 0.476. The molecule has 3 N–H and O–H groups in total. The van der Waals surface area contributed by atoms with Gasteiger partial charge in [-0.1, -0.05) is 11.6 Å². The van der Waals surface area contributed by atoms with E-state index in [9.17, 15) is 4.39 Å². The maximum absolute atomic E-state index is 14.4. The number of aliphatic hydroxyl groups excluding tert-OH is 1. The van der Waals surface area contributed by atoms with Crippen LogP contribution in [0.2, 0.25) is 5.02 Å². The third-order valence-electron chi connectivity index (χ3n) is 5.15. The highest BCUT2D eigenvalue weighted by molar-refractivity contribution is 6.33. The van der Waals surface area contributed by atoms with E-state index in [1.807, 2.05) is 45.3 Å². The lowest BCUT2D eigenvalue weighted by atomic mass is 10.0. The summed E-state index contributed by atoms with van der Waals surface area (Å²) in [5.74, 6) is 0.436. The highest BCUT2D eigenvalue weighted by Crippen LogP contribution is 2.32. The first kappa shape index (κ1) is 22.4. The van der Waals surface area contributed by atoms with Crippen molar-refractivity contribution >= 4 is 28.6 Å². The van der Waals surface area contributed by atoms with Gasteiger partial charge >= 0.3 is 0 Å². The van der Waals surface area contributed by atoms with Crippen LogP contribution in [0.1, 0.15) is 46.0 Å². The number of aliphatic hydroxyl groups is 1. The molecule has 1 fully saturated rings. The quantitative estimate of drug-likeness (QED) is 0.622. The Bertz CT molecular complexity index is 1070. The third kappa shape index (κ3) is 4.40. The molecule has 30 heavy (non-hydrogen) atoms. The number of aryl methyl sites for hydroxylation is 1. The molecule has 0 saturated carbocycles. The monoisotopic (exact) mass is 435 g/mol. The van der Waals surface area contributed by atoms with Crippen molar-refractivity contribution < 1.29 is 14.2 Å². The number of hydrogen-bond acceptors (Lipinski definition) is 6. The van der Waals surface area contributed by atoms with E-state index in [4.69, 9.17) is 27.2 Å². The van der Waals surface area contributed by atoms with Crippen LogP contribution in [-0.2, 0) is 4.74 Å². The summed E-state index contributed by atoms with van der Waals surface area (Å²) in [4.78, 5) is 12.2. The molecule has 7 nitrogen and oxygen atoms in total. The van der Waals surface area contributed by atoms with E-state index in [0.717, 1.165) is 12.2 Å². The Balaban J connectivity index is 0.000000269. The molecule has 1 atom stereocenters. The first-order valence-electron chi connectivity index (χ1n) is 9.79. The normalized spacial score (nSPS) is 18.0. The average molecular weight is 436 g/mol. The van der Waals surface area contributed by atoms with Crippen molar-refractivity contribution in [2.45, 2.75) is 58.8 Å². The molecule has 1 aliphatic heterocycles. The molecule has 0 spiro atoms. The van der Waals surface area contributed by atoms with E-state index in [-0.39, 0.29) is 23.7 Å². The second-order valence-corrected chi connectivity index (χ2v) is 8.54. The Kier molecular flexibility index (Phi) is 6.31. The topological polar surface area (TPSA) is 99.1 Å². The van der Waals surface area contributed by atoms with Gasteiger partial charge in [0.2, 0.25) is 5.95 Å². The fourth-order valence-electron chi connectivity index (χ4n) is 3.52. The van der Waals surface area contributed by atoms with E-state index in [2.05, 4.69) is 15.0 Å². The summed E-state index contributed by atoms with van der Waals surface area (Å²) < 4.78 is 21.6. The summed E-state index contributed by atoms with van der Waals surface area (Å²) in [5.41, 5.74) is 7.31. The zero-order valence-electron chi connectivity index (χ0n) is 17.8. The molecule has 4 rings (SSSR count). The summed E-state index contributed by atoms with van der Waals surface area (Å²) in [5, 5.41) is 9.45. The molecule has 3 aromatic rings. The van der Waals surface area contributed by atoms with Crippen LogP contribution in [0.3, 0.4) is 0 Å². The second kappa shape index (κ2) is 8.45. The number of fused-ring (bicyclic) bond motifs is 1. The summed E-state index contributed by atoms with van der Waals surface area (Å²) in [6.45, 7) is 10.4. The van der Waals surface area contributed by atoms with Gasteiger partial charge in [0.1, 0.15) is 11.3 Å². The number of anilines is 1. The van der Waals surface area contributed by atoms with Crippen LogP contribution < -0.4 is 5.73 Å². The van der Waals surface area contributed by atoms with Crippen molar-refractivity contribution in [3.8, 4) is 11.3 Å². The Hall–Kier alpha value is -2.29. The Labute approximate surface area is 180 Å².